The molecule has 0 radical (unpaired) electrons. The maximum Gasteiger partial charge on any atom is 0.251 e. The number of rotatable bonds is 7. The van der Waals surface area contributed by atoms with Crippen molar-refractivity contribution in [2.75, 3.05) is 13.6 Å². The number of hydrogen-bond donors (Lipinski definition) is 2. The molecule has 0 fully saturated rings. The maximum atomic E-state index is 12.2. The Morgan fingerprint density at radius 2 is 1.92 bits per heavy atom. The van der Waals surface area contributed by atoms with E-state index >= 15 is 0 Å². The van der Waals surface area contributed by atoms with Crippen LogP contribution in [0.4, 0.5) is 0 Å². The van der Waals surface area contributed by atoms with Crippen molar-refractivity contribution in [1.82, 2.24) is 20.8 Å². The van der Waals surface area contributed by atoms with Gasteiger partial charge in [-0.25, -0.2) is 0 Å². The van der Waals surface area contributed by atoms with Crippen molar-refractivity contribution < 1.29 is 9.32 Å². The number of carbonyl (C=O) groups excluding carboxylic acids is 1. The van der Waals surface area contributed by atoms with E-state index in [1.54, 1.807) is 0 Å². The Labute approximate surface area is 149 Å². The molecule has 1 heterocycles. The van der Waals surface area contributed by atoms with Crippen molar-refractivity contribution >= 4 is 5.91 Å². The van der Waals surface area contributed by atoms with E-state index in [2.05, 4.69) is 48.5 Å². The molecule has 1 aromatic carbocycles. The molecule has 1 amide bonds. The average Bonchev–Trinajstić information content (AvgIpc) is 3.01. The smallest absolute Gasteiger partial charge is 0.251 e. The summed E-state index contributed by atoms with van der Waals surface area (Å²) in [5, 5.41) is 9.98. The second kappa shape index (κ2) is 8.25. The summed E-state index contributed by atoms with van der Waals surface area (Å²) in [5.41, 5.74) is 1.94. The third kappa shape index (κ3) is 5.67. The molecular formula is C19H28N4O2. The quantitative estimate of drug-likeness (QED) is 0.807. The van der Waals surface area contributed by atoms with Crippen LogP contribution < -0.4 is 10.6 Å². The molecule has 136 valence electrons. The molecule has 1 unspecified atom stereocenters. The van der Waals surface area contributed by atoms with Crippen molar-refractivity contribution in [1.29, 1.82) is 0 Å². The maximum absolute atomic E-state index is 12.2. The molecule has 2 N–H and O–H groups in total. The van der Waals surface area contributed by atoms with Gasteiger partial charge in [0.2, 0.25) is 5.89 Å². The number of aromatic nitrogens is 2. The molecule has 1 aromatic heterocycles. The van der Waals surface area contributed by atoms with Gasteiger partial charge in [-0.2, -0.15) is 4.98 Å². The number of carbonyl (C=O) groups is 1. The number of nitrogens with zero attached hydrogens (tertiary/aromatic N) is 2. The lowest BCUT2D eigenvalue weighted by Crippen LogP contribution is -2.26. The second-order valence-corrected chi connectivity index (χ2v) is 7.33. The summed E-state index contributed by atoms with van der Waals surface area (Å²) < 4.78 is 5.21. The number of nitrogens with one attached hydrogen (secondary N) is 2. The fourth-order valence-electron chi connectivity index (χ4n) is 2.36. The molecular weight excluding hydrogens is 316 g/mol. The van der Waals surface area contributed by atoms with E-state index in [0.29, 0.717) is 42.7 Å². The molecule has 0 spiro atoms. The van der Waals surface area contributed by atoms with Gasteiger partial charge in [-0.15, -0.1) is 0 Å². The first kappa shape index (κ1) is 19.1. The predicted molar refractivity (Wildman–Crippen MR) is 97.7 cm³/mol. The zero-order valence-electron chi connectivity index (χ0n) is 15.7. The minimum absolute atomic E-state index is 0.0788. The van der Waals surface area contributed by atoms with E-state index in [0.717, 1.165) is 0 Å². The Kier molecular flexibility index (Phi) is 6.31. The average molecular weight is 344 g/mol. The van der Waals surface area contributed by atoms with Gasteiger partial charge in [0.1, 0.15) is 0 Å². The molecule has 6 heteroatoms. The standard InChI is InChI=1S/C19H28N4O2/c1-13(20-5)12-16-22-17(25-23-16)10-11-21-18(24)14-6-8-15(9-7-14)19(2,3)4/h6-9,13,20H,10-12H2,1-5H3,(H,21,24). The Morgan fingerprint density at radius 1 is 1.24 bits per heavy atom. The Hall–Kier alpha value is -2.21. The fourth-order valence-corrected chi connectivity index (χ4v) is 2.36. The largest absolute Gasteiger partial charge is 0.352 e. The van der Waals surface area contributed by atoms with Crippen molar-refractivity contribution in [3.8, 4) is 0 Å². The Bertz CT molecular complexity index is 686. The molecule has 0 aliphatic carbocycles. The van der Waals surface area contributed by atoms with E-state index in [9.17, 15) is 4.79 Å². The summed E-state index contributed by atoms with van der Waals surface area (Å²) in [4.78, 5) is 16.5. The highest BCUT2D eigenvalue weighted by Crippen LogP contribution is 2.22. The van der Waals surface area contributed by atoms with E-state index < -0.39 is 0 Å². The topological polar surface area (TPSA) is 80.0 Å². The van der Waals surface area contributed by atoms with Crippen molar-refractivity contribution in [3.63, 3.8) is 0 Å². The summed E-state index contributed by atoms with van der Waals surface area (Å²) in [6.07, 6.45) is 1.24. The molecule has 1 atom stereocenters. The SMILES string of the molecule is CNC(C)Cc1noc(CCNC(=O)c2ccc(C(C)(C)C)cc2)n1. The highest BCUT2D eigenvalue weighted by molar-refractivity contribution is 5.94. The minimum atomic E-state index is -0.0935. The summed E-state index contributed by atoms with van der Waals surface area (Å²) in [5.74, 6) is 1.13. The van der Waals surface area contributed by atoms with Crippen LogP contribution in [0.5, 0.6) is 0 Å². The molecule has 2 rings (SSSR count). The summed E-state index contributed by atoms with van der Waals surface area (Å²) >= 11 is 0. The van der Waals surface area contributed by atoms with Crippen LogP contribution in [0.3, 0.4) is 0 Å². The van der Waals surface area contributed by atoms with E-state index in [4.69, 9.17) is 4.52 Å². The number of hydrogen-bond acceptors (Lipinski definition) is 5. The highest BCUT2D eigenvalue weighted by Gasteiger charge is 2.14. The van der Waals surface area contributed by atoms with Gasteiger partial charge in [0.15, 0.2) is 5.82 Å². The van der Waals surface area contributed by atoms with Gasteiger partial charge in [0.25, 0.3) is 5.91 Å². The van der Waals surface area contributed by atoms with Gasteiger partial charge in [-0.1, -0.05) is 38.1 Å². The first-order valence-corrected chi connectivity index (χ1v) is 8.67. The summed E-state index contributed by atoms with van der Waals surface area (Å²) in [6, 6.07) is 8.02. The van der Waals surface area contributed by atoms with Crippen molar-refractivity contribution in [2.24, 2.45) is 0 Å². The third-order valence-electron chi connectivity index (χ3n) is 4.13. The van der Waals surface area contributed by atoms with Gasteiger partial charge in [-0.05, 0) is 37.1 Å². The fraction of sp³-hybridized carbons (Fsp3) is 0.526. The Balaban J connectivity index is 1.82. The number of benzene rings is 1. The van der Waals surface area contributed by atoms with Crippen LogP contribution >= 0.6 is 0 Å². The zero-order chi connectivity index (χ0) is 18.4. The molecule has 25 heavy (non-hydrogen) atoms. The third-order valence-corrected chi connectivity index (χ3v) is 4.13. The molecule has 0 aliphatic heterocycles. The molecule has 0 saturated heterocycles. The number of amides is 1. The lowest BCUT2D eigenvalue weighted by molar-refractivity contribution is 0.0953. The molecule has 0 aliphatic rings. The first-order chi connectivity index (χ1) is 11.8. The van der Waals surface area contributed by atoms with Crippen LogP contribution in [-0.4, -0.2) is 35.7 Å². The van der Waals surface area contributed by atoms with Crippen molar-refractivity contribution in [2.45, 2.75) is 52.0 Å². The lowest BCUT2D eigenvalue weighted by atomic mass is 9.87. The Morgan fingerprint density at radius 3 is 2.52 bits per heavy atom. The molecule has 2 aromatic rings. The van der Waals surface area contributed by atoms with E-state index in [-0.39, 0.29) is 11.3 Å². The molecule has 6 nitrogen and oxygen atoms in total. The van der Waals surface area contributed by atoms with Gasteiger partial charge in [0, 0.05) is 31.0 Å². The van der Waals surface area contributed by atoms with Crippen LogP contribution in [-0.2, 0) is 18.3 Å². The lowest BCUT2D eigenvalue weighted by Gasteiger charge is -2.19. The molecule has 0 bridgehead atoms. The first-order valence-electron chi connectivity index (χ1n) is 8.67. The normalized spacial score (nSPS) is 12.8. The second-order valence-electron chi connectivity index (χ2n) is 7.33. The monoisotopic (exact) mass is 344 g/mol. The van der Waals surface area contributed by atoms with Gasteiger partial charge < -0.3 is 15.2 Å². The number of likely N-dealkylation sites (N-methyl/N-ethyl adjacent to an activating group) is 1. The van der Waals surface area contributed by atoms with Crippen LogP contribution in [0.2, 0.25) is 0 Å². The van der Waals surface area contributed by atoms with Crippen molar-refractivity contribution in [3.05, 3.63) is 47.1 Å². The minimum Gasteiger partial charge on any atom is -0.352 e. The summed E-state index contributed by atoms with van der Waals surface area (Å²) in [6.45, 7) is 8.97. The van der Waals surface area contributed by atoms with Crippen LogP contribution in [0.25, 0.3) is 0 Å². The van der Waals surface area contributed by atoms with E-state index in [1.807, 2.05) is 31.3 Å². The highest BCUT2D eigenvalue weighted by atomic mass is 16.5. The van der Waals surface area contributed by atoms with Gasteiger partial charge in [-0.3, -0.25) is 4.79 Å². The van der Waals surface area contributed by atoms with E-state index in [1.165, 1.54) is 5.56 Å². The van der Waals surface area contributed by atoms with Gasteiger partial charge in [0.05, 0.1) is 0 Å². The van der Waals surface area contributed by atoms with Crippen LogP contribution in [0, 0.1) is 0 Å². The van der Waals surface area contributed by atoms with Crippen LogP contribution in [0.15, 0.2) is 28.8 Å². The zero-order valence-corrected chi connectivity index (χ0v) is 15.7. The summed E-state index contributed by atoms with van der Waals surface area (Å²) in [7, 11) is 1.90. The van der Waals surface area contributed by atoms with Gasteiger partial charge >= 0.3 is 0 Å². The molecule has 0 saturated carbocycles. The van der Waals surface area contributed by atoms with Crippen LogP contribution in [0.1, 0.15) is 55.3 Å². The predicted octanol–water partition coefficient (Wildman–Crippen LogP) is 2.49.